The van der Waals surface area contributed by atoms with Crippen LogP contribution < -0.4 is 0 Å². The van der Waals surface area contributed by atoms with Gasteiger partial charge in [-0.05, 0) is 43.0 Å². The van der Waals surface area contributed by atoms with E-state index in [1.807, 2.05) is 16.8 Å². The Balaban J connectivity index is 1.61. The highest BCUT2D eigenvalue weighted by Crippen LogP contribution is 2.41. The van der Waals surface area contributed by atoms with E-state index in [0.29, 0.717) is 19.6 Å². The number of aliphatic hydroxyl groups is 1. The molecule has 7 nitrogen and oxygen atoms in total. The van der Waals surface area contributed by atoms with E-state index in [9.17, 15) is 19.1 Å². The van der Waals surface area contributed by atoms with Gasteiger partial charge < -0.3 is 19.1 Å². The third-order valence-electron chi connectivity index (χ3n) is 5.15. The summed E-state index contributed by atoms with van der Waals surface area (Å²) < 4.78 is 26.2. The lowest BCUT2D eigenvalue weighted by Crippen LogP contribution is -2.61. The van der Waals surface area contributed by atoms with Crippen molar-refractivity contribution in [2.24, 2.45) is 0 Å². The van der Waals surface area contributed by atoms with Crippen LogP contribution in [0.5, 0.6) is 0 Å². The predicted molar refractivity (Wildman–Crippen MR) is 92.8 cm³/mol. The van der Waals surface area contributed by atoms with Gasteiger partial charge >= 0.3 is 17.8 Å². The van der Waals surface area contributed by atoms with E-state index in [2.05, 4.69) is 0 Å². The van der Waals surface area contributed by atoms with Gasteiger partial charge in [-0.15, -0.1) is 0 Å². The molecule has 0 aliphatic carbocycles. The number of hydrogen-bond donors (Lipinski definition) is 1. The molecular weight excluding hydrogens is 355 g/mol. The van der Waals surface area contributed by atoms with Gasteiger partial charge in [-0.25, -0.2) is 18.9 Å². The van der Waals surface area contributed by atoms with Crippen molar-refractivity contribution in [3.63, 3.8) is 0 Å². The van der Waals surface area contributed by atoms with E-state index in [1.54, 1.807) is 11.0 Å². The molecule has 1 aromatic carbocycles. The number of ether oxygens (including phenoxy) is 2. The van der Waals surface area contributed by atoms with Gasteiger partial charge in [0.05, 0.1) is 5.52 Å². The van der Waals surface area contributed by atoms with Crippen molar-refractivity contribution < 1.29 is 28.6 Å². The minimum Gasteiger partial charge on any atom is -0.402 e. The Morgan fingerprint density at radius 3 is 2.56 bits per heavy atom. The van der Waals surface area contributed by atoms with Gasteiger partial charge in [0.15, 0.2) is 5.60 Å². The standard InChI is InChI=1S/C19H19FN2O5/c1-18(25)7-9-22(19(18)26-16(23)4-5-17(24)27-19)11-10-21-8-6-13-2-3-14(20)12-15(13)21/h2-6,8,12,25H,7,9-11H2,1H3. The van der Waals surface area contributed by atoms with Crippen molar-refractivity contribution in [3.8, 4) is 0 Å². The zero-order chi connectivity index (χ0) is 19.2. The fourth-order valence-corrected chi connectivity index (χ4v) is 3.68. The Morgan fingerprint density at radius 1 is 1.15 bits per heavy atom. The van der Waals surface area contributed by atoms with Crippen molar-refractivity contribution in [3.05, 3.63) is 48.4 Å². The first-order valence-electron chi connectivity index (χ1n) is 8.67. The molecule has 1 saturated heterocycles. The van der Waals surface area contributed by atoms with Gasteiger partial charge in [0.25, 0.3) is 0 Å². The van der Waals surface area contributed by atoms with Crippen LogP contribution >= 0.6 is 0 Å². The molecule has 1 N–H and O–H groups in total. The minimum absolute atomic E-state index is 0.259. The van der Waals surface area contributed by atoms with Crippen LogP contribution in [-0.4, -0.2) is 51.1 Å². The molecule has 27 heavy (non-hydrogen) atoms. The molecule has 1 spiro atoms. The summed E-state index contributed by atoms with van der Waals surface area (Å²) in [5.74, 6) is -3.75. The summed E-state index contributed by atoms with van der Waals surface area (Å²) in [5.41, 5.74) is -0.832. The molecule has 2 aliphatic heterocycles. The van der Waals surface area contributed by atoms with E-state index >= 15 is 0 Å². The third kappa shape index (κ3) is 2.90. The number of fused-ring (bicyclic) bond motifs is 1. The first-order chi connectivity index (χ1) is 12.8. The van der Waals surface area contributed by atoms with Gasteiger partial charge in [-0.3, -0.25) is 0 Å². The number of esters is 2. The zero-order valence-corrected chi connectivity index (χ0v) is 14.7. The summed E-state index contributed by atoms with van der Waals surface area (Å²) >= 11 is 0. The van der Waals surface area contributed by atoms with Crippen molar-refractivity contribution in [2.75, 3.05) is 13.1 Å². The van der Waals surface area contributed by atoms with E-state index in [0.717, 1.165) is 23.1 Å². The Kier molecular flexibility index (Phi) is 4.05. The number of hydrogen-bond acceptors (Lipinski definition) is 6. The van der Waals surface area contributed by atoms with Crippen LogP contribution in [0, 0.1) is 5.82 Å². The Labute approximate surface area is 154 Å². The third-order valence-corrected chi connectivity index (χ3v) is 5.15. The lowest BCUT2D eigenvalue weighted by Gasteiger charge is -2.41. The van der Waals surface area contributed by atoms with Crippen molar-refractivity contribution in [1.29, 1.82) is 0 Å². The molecule has 8 heteroatoms. The SMILES string of the molecule is CC1(O)CCN(CCn2ccc3ccc(F)cc32)C12OC(=O)C=CC(=O)O2. The maximum absolute atomic E-state index is 13.6. The summed E-state index contributed by atoms with van der Waals surface area (Å²) in [4.78, 5) is 25.5. The first kappa shape index (κ1) is 17.7. The second-order valence-corrected chi connectivity index (χ2v) is 6.98. The molecule has 2 aliphatic rings. The zero-order valence-electron chi connectivity index (χ0n) is 14.7. The van der Waals surface area contributed by atoms with E-state index in [4.69, 9.17) is 9.47 Å². The van der Waals surface area contributed by atoms with Crippen LogP contribution in [-0.2, 0) is 25.6 Å². The molecule has 1 unspecified atom stereocenters. The van der Waals surface area contributed by atoms with Crippen molar-refractivity contribution in [2.45, 2.75) is 31.4 Å². The normalized spacial score (nSPS) is 25.0. The smallest absolute Gasteiger partial charge is 0.350 e. The minimum atomic E-state index is -1.89. The number of carbonyl (C=O) groups excluding carboxylic acids is 2. The average Bonchev–Trinajstić information content (AvgIpc) is 3.04. The summed E-state index contributed by atoms with van der Waals surface area (Å²) in [7, 11) is 0. The second kappa shape index (κ2) is 6.17. The molecule has 0 bridgehead atoms. The van der Waals surface area contributed by atoms with Crippen LogP contribution in [0.15, 0.2) is 42.6 Å². The topological polar surface area (TPSA) is 81.0 Å². The Hall–Kier alpha value is -2.71. The summed E-state index contributed by atoms with van der Waals surface area (Å²) in [6, 6.07) is 6.42. The predicted octanol–water partition coefficient (Wildman–Crippen LogP) is 1.55. The fraction of sp³-hybridized carbons (Fsp3) is 0.368. The molecule has 142 valence electrons. The Morgan fingerprint density at radius 2 is 1.85 bits per heavy atom. The fourth-order valence-electron chi connectivity index (χ4n) is 3.68. The highest BCUT2D eigenvalue weighted by atomic mass is 19.1. The van der Waals surface area contributed by atoms with Crippen LogP contribution in [0.4, 0.5) is 4.39 Å². The van der Waals surface area contributed by atoms with Crippen LogP contribution in [0.2, 0.25) is 0 Å². The second-order valence-electron chi connectivity index (χ2n) is 6.98. The highest BCUT2D eigenvalue weighted by Gasteiger charge is 2.63. The number of aromatic nitrogens is 1. The van der Waals surface area contributed by atoms with Crippen LogP contribution in [0.3, 0.4) is 0 Å². The maximum Gasteiger partial charge on any atom is 0.350 e. The van der Waals surface area contributed by atoms with E-state index in [1.165, 1.54) is 19.1 Å². The molecule has 0 amide bonds. The lowest BCUT2D eigenvalue weighted by molar-refractivity contribution is -0.323. The molecule has 0 saturated carbocycles. The quantitative estimate of drug-likeness (QED) is 0.821. The monoisotopic (exact) mass is 374 g/mol. The number of rotatable bonds is 3. The van der Waals surface area contributed by atoms with E-state index in [-0.39, 0.29) is 12.2 Å². The molecule has 2 aromatic rings. The van der Waals surface area contributed by atoms with Gasteiger partial charge in [0, 0.05) is 38.0 Å². The number of carbonyl (C=O) groups is 2. The number of halogens is 1. The number of nitrogens with zero attached hydrogens (tertiary/aromatic N) is 2. The lowest BCUT2D eigenvalue weighted by atomic mass is 10.0. The number of likely N-dealkylation sites (tertiary alicyclic amines) is 1. The molecular formula is C19H19FN2O5. The molecule has 3 heterocycles. The molecule has 1 atom stereocenters. The van der Waals surface area contributed by atoms with Crippen LogP contribution in [0.1, 0.15) is 13.3 Å². The van der Waals surface area contributed by atoms with Crippen molar-refractivity contribution >= 4 is 22.8 Å². The molecule has 1 fully saturated rings. The highest BCUT2D eigenvalue weighted by molar-refractivity contribution is 5.93. The van der Waals surface area contributed by atoms with Gasteiger partial charge in [-0.2, -0.15) is 0 Å². The summed E-state index contributed by atoms with van der Waals surface area (Å²) in [5, 5.41) is 11.7. The van der Waals surface area contributed by atoms with Crippen LogP contribution in [0.25, 0.3) is 10.9 Å². The van der Waals surface area contributed by atoms with Gasteiger partial charge in [0.2, 0.25) is 0 Å². The maximum atomic E-state index is 13.6. The van der Waals surface area contributed by atoms with Crippen molar-refractivity contribution in [1.82, 2.24) is 9.47 Å². The molecule has 1 aromatic heterocycles. The first-order valence-corrected chi connectivity index (χ1v) is 8.67. The summed E-state index contributed by atoms with van der Waals surface area (Å²) in [6.07, 6.45) is 4.05. The number of benzene rings is 1. The van der Waals surface area contributed by atoms with E-state index < -0.39 is 23.5 Å². The Bertz CT molecular complexity index is 929. The van der Waals surface area contributed by atoms with Gasteiger partial charge in [-0.1, -0.05) is 0 Å². The van der Waals surface area contributed by atoms with Gasteiger partial charge in [0.1, 0.15) is 5.82 Å². The molecule has 4 rings (SSSR count). The molecule has 0 radical (unpaired) electrons. The largest absolute Gasteiger partial charge is 0.402 e. The average molecular weight is 374 g/mol. The summed E-state index contributed by atoms with van der Waals surface area (Å²) in [6.45, 7) is 2.57.